The molecule has 0 saturated heterocycles. The van der Waals surface area contributed by atoms with Crippen molar-refractivity contribution in [3.63, 3.8) is 0 Å². The van der Waals surface area contributed by atoms with E-state index in [9.17, 15) is 10.1 Å². The molecule has 0 amide bonds. The molecule has 1 N–H and O–H groups in total. The average molecular weight is 315 g/mol. The van der Waals surface area contributed by atoms with E-state index in [1.165, 1.54) is 12.1 Å². The molecule has 106 valence electrons. The number of nitro benzene ring substituents is 1. The molecule has 1 atom stereocenters. The molecule has 0 aliphatic carbocycles. The van der Waals surface area contributed by atoms with Gasteiger partial charge < -0.3 is 9.73 Å². The van der Waals surface area contributed by atoms with Gasteiger partial charge in [0.15, 0.2) is 0 Å². The van der Waals surface area contributed by atoms with Gasteiger partial charge in [-0.25, -0.2) is 0 Å². The molecule has 20 heavy (non-hydrogen) atoms. The molecule has 2 aromatic rings. The number of nitro groups is 1. The first-order valence-electron chi connectivity index (χ1n) is 5.89. The Kier molecular flexibility index (Phi) is 4.52. The van der Waals surface area contributed by atoms with Crippen LogP contribution in [0.5, 0.6) is 0 Å². The lowest BCUT2D eigenvalue weighted by atomic mass is 10.1. The standard InChI is InChI=1S/C13H12Cl2N2O3/c1-8(5-9-3-2-4-20-9)16-12-6-10(14)11(15)7-13(12)17(18)19/h2-4,6-8,16H,5H2,1H3. The summed E-state index contributed by atoms with van der Waals surface area (Å²) < 4.78 is 5.24. The fraction of sp³-hybridized carbons (Fsp3) is 0.231. The van der Waals surface area contributed by atoms with Crippen LogP contribution < -0.4 is 5.32 Å². The van der Waals surface area contributed by atoms with Crippen LogP contribution in [0.3, 0.4) is 0 Å². The van der Waals surface area contributed by atoms with E-state index in [2.05, 4.69) is 5.32 Å². The molecule has 1 unspecified atom stereocenters. The summed E-state index contributed by atoms with van der Waals surface area (Å²) in [6, 6.07) is 6.29. The second-order valence-corrected chi connectivity index (χ2v) is 5.18. The predicted molar refractivity (Wildman–Crippen MR) is 78.6 cm³/mol. The smallest absolute Gasteiger partial charge is 0.293 e. The minimum Gasteiger partial charge on any atom is -0.469 e. The van der Waals surface area contributed by atoms with E-state index in [0.29, 0.717) is 12.1 Å². The number of halogens is 2. The maximum absolute atomic E-state index is 11.0. The molecule has 0 aliphatic heterocycles. The first kappa shape index (κ1) is 14.7. The van der Waals surface area contributed by atoms with Gasteiger partial charge in [-0.1, -0.05) is 23.2 Å². The van der Waals surface area contributed by atoms with Crippen LogP contribution in [0.25, 0.3) is 0 Å². The topological polar surface area (TPSA) is 68.3 Å². The maximum Gasteiger partial charge on any atom is 0.293 e. The largest absolute Gasteiger partial charge is 0.469 e. The highest BCUT2D eigenvalue weighted by Gasteiger charge is 2.18. The summed E-state index contributed by atoms with van der Waals surface area (Å²) in [7, 11) is 0. The van der Waals surface area contributed by atoms with Crippen molar-refractivity contribution in [2.24, 2.45) is 0 Å². The van der Waals surface area contributed by atoms with E-state index < -0.39 is 4.92 Å². The van der Waals surface area contributed by atoms with Crippen LogP contribution in [0.1, 0.15) is 12.7 Å². The molecule has 1 aromatic heterocycles. The van der Waals surface area contributed by atoms with Gasteiger partial charge in [-0.2, -0.15) is 0 Å². The summed E-state index contributed by atoms with van der Waals surface area (Å²) in [4.78, 5) is 10.5. The Hall–Kier alpha value is -1.72. The molecule has 0 bridgehead atoms. The van der Waals surface area contributed by atoms with Crippen molar-refractivity contribution in [1.29, 1.82) is 0 Å². The number of rotatable bonds is 5. The third-order valence-corrected chi connectivity index (χ3v) is 3.45. The first-order chi connectivity index (χ1) is 9.47. The van der Waals surface area contributed by atoms with E-state index in [1.807, 2.05) is 13.0 Å². The first-order valence-corrected chi connectivity index (χ1v) is 6.65. The van der Waals surface area contributed by atoms with Crippen LogP contribution in [-0.4, -0.2) is 11.0 Å². The molecular formula is C13H12Cl2N2O3. The molecule has 0 radical (unpaired) electrons. The van der Waals surface area contributed by atoms with E-state index >= 15 is 0 Å². The number of nitrogens with zero attached hydrogens (tertiary/aromatic N) is 1. The highest BCUT2D eigenvalue weighted by atomic mass is 35.5. The van der Waals surface area contributed by atoms with Crippen molar-refractivity contribution in [2.45, 2.75) is 19.4 Å². The third-order valence-electron chi connectivity index (χ3n) is 2.72. The van der Waals surface area contributed by atoms with E-state index in [4.69, 9.17) is 27.6 Å². The third kappa shape index (κ3) is 3.43. The van der Waals surface area contributed by atoms with Crippen molar-refractivity contribution in [3.05, 3.63) is 56.4 Å². The zero-order valence-electron chi connectivity index (χ0n) is 10.6. The van der Waals surface area contributed by atoms with Crippen molar-refractivity contribution >= 4 is 34.6 Å². The van der Waals surface area contributed by atoms with Gasteiger partial charge in [0.2, 0.25) is 0 Å². The molecule has 5 nitrogen and oxygen atoms in total. The average Bonchev–Trinajstić information content (AvgIpc) is 2.85. The van der Waals surface area contributed by atoms with Crippen LogP contribution in [0.4, 0.5) is 11.4 Å². The normalized spacial score (nSPS) is 12.2. The van der Waals surface area contributed by atoms with Gasteiger partial charge in [0.05, 0.1) is 21.2 Å². The summed E-state index contributed by atoms with van der Waals surface area (Å²) in [5.41, 5.74) is 0.231. The summed E-state index contributed by atoms with van der Waals surface area (Å²) in [5.74, 6) is 0.799. The number of hydrogen-bond acceptors (Lipinski definition) is 4. The van der Waals surface area contributed by atoms with E-state index in [-0.39, 0.29) is 21.8 Å². The molecule has 0 fully saturated rings. The van der Waals surface area contributed by atoms with Gasteiger partial charge in [-0.3, -0.25) is 10.1 Å². The molecule has 2 rings (SSSR count). The Morgan fingerprint density at radius 3 is 2.70 bits per heavy atom. The summed E-state index contributed by atoms with van der Waals surface area (Å²) in [6.07, 6.45) is 2.19. The molecule has 0 saturated carbocycles. The summed E-state index contributed by atoms with van der Waals surface area (Å²) >= 11 is 11.7. The van der Waals surface area contributed by atoms with E-state index in [1.54, 1.807) is 12.3 Å². The molecular weight excluding hydrogens is 303 g/mol. The minimum absolute atomic E-state index is 0.0582. The minimum atomic E-state index is -0.496. The molecule has 0 aliphatic rings. The molecule has 7 heteroatoms. The quantitative estimate of drug-likeness (QED) is 0.650. The maximum atomic E-state index is 11.0. The van der Waals surface area contributed by atoms with Crippen LogP contribution >= 0.6 is 23.2 Å². The number of hydrogen-bond donors (Lipinski definition) is 1. The lowest BCUT2D eigenvalue weighted by Gasteiger charge is -2.14. The van der Waals surface area contributed by atoms with E-state index in [0.717, 1.165) is 5.76 Å². The van der Waals surface area contributed by atoms with Crippen LogP contribution in [0.2, 0.25) is 10.0 Å². The zero-order valence-corrected chi connectivity index (χ0v) is 12.1. The Morgan fingerprint density at radius 1 is 1.40 bits per heavy atom. The fourth-order valence-electron chi connectivity index (χ4n) is 1.85. The molecule has 0 spiro atoms. The summed E-state index contributed by atoms with van der Waals surface area (Å²) in [6.45, 7) is 1.90. The van der Waals surface area contributed by atoms with Crippen molar-refractivity contribution in [1.82, 2.24) is 0 Å². The lowest BCUT2D eigenvalue weighted by molar-refractivity contribution is -0.384. The van der Waals surface area contributed by atoms with Gasteiger partial charge in [0, 0.05) is 18.5 Å². The molecule has 1 heterocycles. The van der Waals surface area contributed by atoms with Crippen LogP contribution in [0, 0.1) is 10.1 Å². The highest BCUT2D eigenvalue weighted by Crippen LogP contribution is 2.34. The Labute approximate surface area is 125 Å². The van der Waals surface area contributed by atoms with Gasteiger partial charge in [0.25, 0.3) is 5.69 Å². The lowest BCUT2D eigenvalue weighted by Crippen LogP contribution is -2.18. The molecule has 1 aromatic carbocycles. The van der Waals surface area contributed by atoms with Crippen molar-refractivity contribution < 1.29 is 9.34 Å². The van der Waals surface area contributed by atoms with Crippen molar-refractivity contribution in [3.8, 4) is 0 Å². The van der Waals surface area contributed by atoms with Gasteiger partial charge in [-0.05, 0) is 25.1 Å². The number of benzene rings is 1. The van der Waals surface area contributed by atoms with Gasteiger partial charge in [-0.15, -0.1) is 0 Å². The fourth-order valence-corrected chi connectivity index (χ4v) is 2.17. The second-order valence-electron chi connectivity index (χ2n) is 4.37. The summed E-state index contributed by atoms with van der Waals surface area (Å²) in [5, 5.41) is 14.5. The monoisotopic (exact) mass is 314 g/mol. The number of furan rings is 1. The number of nitrogens with one attached hydrogen (secondary N) is 1. The van der Waals surface area contributed by atoms with Gasteiger partial charge >= 0.3 is 0 Å². The highest BCUT2D eigenvalue weighted by molar-refractivity contribution is 6.42. The van der Waals surface area contributed by atoms with Crippen molar-refractivity contribution in [2.75, 3.05) is 5.32 Å². The predicted octanol–water partition coefficient (Wildman–Crippen LogP) is 4.54. The number of anilines is 1. The van der Waals surface area contributed by atoms with Crippen LogP contribution in [0.15, 0.2) is 34.9 Å². The zero-order chi connectivity index (χ0) is 14.7. The Morgan fingerprint density at radius 2 is 2.10 bits per heavy atom. The Balaban J connectivity index is 2.19. The van der Waals surface area contributed by atoms with Crippen LogP contribution in [-0.2, 0) is 6.42 Å². The van der Waals surface area contributed by atoms with Gasteiger partial charge in [0.1, 0.15) is 11.4 Å². The Bertz CT molecular complexity index is 614. The second kappa shape index (κ2) is 6.15. The SMILES string of the molecule is CC(Cc1ccco1)Nc1cc(Cl)c(Cl)cc1[N+](=O)[O-].